The third-order valence-electron chi connectivity index (χ3n) is 3.11. The molecule has 0 bridgehead atoms. The molecule has 6 heteroatoms. The summed E-state index contributed by atoms with van der Waals surface area (Å²) < 4.78 is 25.1. The molecule has 0 amide bonds. The van der Waals surface area contributed by atoms with Crippen LogP contribution >= 0.6 is 11.8 Å². The molecule has 0 aliphatic carbocycles. The van der Waals surface area contributed by atoms with Crippen molar-refractivity contribution in [3.05, 3.63) is 54.4 Å². The van der Waals surface area contributed by atoms with Crippen molar-refractivity contribution in [1.82, 2.24) is 9.97 Å². The summed E-state index contributed by atoms with van der Waals surface area (Å²) in [6, 6.07) is 10.9. The molecular formula is C15H13F2N3S. The number of H-pyrrole nitrogens is 1. The van der Waals surface area contributed by atoms with Crippen LogP contribution in [-0.4, -0.2) is 15.7 Å². The largest absolute Gasteiger partial charge is 0.380 e. The summed E-state index contributed by atoms with van der Waals surface area (Å²) >= 11 is 0.550. The highest BCUT2D eigenvalue weighted by Gasteiger charge is 2.10. The minimum absolute atomic E-state index is 0.547. The van der Waals surface area contributed by atoms with Crippen LogP contribution in [0.1, 0.15) is 5.56 Å². The number of halogens is 2. The van der Waals surface area contributed by atoms with E-state index < -0.39 is 5.76 Å². The zero-order valence-electron chi connectivity index (χ0n) is 11.0. The van der Waals surface area contributed by atoms with Gasteiger partial charge < -0.3 is 10.3 Å². The molecule has 108 valence electrons. The molecule has 3 rings (SSSR count). The lowest BCUT2D eigenvalue weighted by atomic mass is 10.2. The number of anilines is 1. The third-order valence-corrected chi connectivity index (χ3v) is 3.90. The summed E-state index contributed by atoms with van der Waals surface area (Å²) in [5.41, 5.74) is 2.58. The Labute approximate surface area is 124 Å². The second kappa shape index (κ2) is 6.13. The molecule has 0 aliphatic heterocycles. The summed E-state index contributed by atoms with van der Waals surface area (Å²) in [5, 5.41) is 4.24. The van der Waals surface area contributed by atoms with Gasteiger partial charge in [-0.3, -0.25) is 0 Å². The van der Waals surface area contributed by atoms with Crippen molar-refractivity contribution in [1.29, 1.82) is 0 Å². The number of nitrogens with zero attached hydrogens (tertiary/aromatic N) is 1. The number of hydrogen-bond donors (Lipinski definition) is 2. The lowest BCUT2D eigenvalue weighted by molar-refractivity contribution is 0.252. The minimum Gasteiger partial charge on any atom is -0.380 e. The van der Waals surface area contributed by atoms with Gasteiger partial charge in [-0.15, -0.1) is 0 Å². The van der Waals surface area contributed by atoms with Crippen molar-refractivity contribution in [2.24, 2.45) is 0 Å². The Morgan fingerprint density at radius 3 is 2.90 bits per heavy atom. The summed E-state index contributed by atoms with van der Waals surface area (Å²) in [7, 11) is 0. The summed E-state index contributed by atoms with van der Waals surface area (Å²) in [6.07, 6.45) is 3.61. The predicted molar refractivity (Wildman–Crippen MR) is 81.7 cm³/mol. The van der Waals surface area contributed by atoms with E-state index in [-0.39, 0.29) is 0 Å². The van der Waals surface area contributed by atoms with E-state index in [0.717, 1.165) is 16.6 Å². The van der Waals surface area contributed by atoms with Crippen molar-refractivity contribution >= 4 is 28.5 Å². The smallest absolute Gasteiger partial charge is 0.288 e. The Hall–Kier alpha value is -2.08. The highest BCUT2D eigenvalue weighted by molar-refractivity contribution is 7.99. The van der Waals surface area contributed by atoms with E-state index in [2.05, 4.69) is 15.3 Å². The predicted octanol–water partition coefficient (Wildman–Crippen LogP) is 4.49. The number of fused-ring (bicyclic) bond motifs is 1. The van der Waals surface area contributed by atoms with Gasteiger partial charge in [-0.2, -0.15) is 8.78 Å². The number of nitrogens with one attached hydrogen (secondary N) is 2. The number of hydrogen-bond acceptors (Lipinski definition) is 3. The number of thioether (sulfide) groups is 1. The monoisotopic (exact) mass is 305 g/mol. The van der Waals surface area contributed by atoms with Crippen LogP contribution in [0.4, 0.5) is 14.5 Å². The quantitative estimate of drug-likeness (QED) is 0.682. The van der Waals surface area contributed by atoms with Gasteiger partial charge in [0.15, 0.2) is 0 Å². The Bertz CT molecular complexity index is 742. The molecule has 2 heterocycles. The van der Waals surface area contributed by atoms with Crippen LogP contribution < -0.4 is 5.32 Å². The molecule has 21 heavy (non-hydrogen) atoms. The van der Waals surface area contributed by atoms with Gasteiger partial charge in [0.25, 0.3) is 5.76 Å². The Morgan fingerprint density at radius 2 is 2.05 bits per heavy atom. The molecule has 0 fully saturated rings. The van der Waals surface area contributed by atoms with Crippen LogP contribution in [-0.2, 0) is 6.54 Å². The van der Waals surface area contributed by atoms with Crippen molar-refractivity contribution in [3.63, 3.8) is 0 Å². The second-order valence-electron chi connectivity index (χ2n) is 4.44. The number of alkyl halides is 2. The van der Waals surface area contributed by atoms with Crippen molar-refractivity contribution in [3.8, 4) is 0 Å². The molecule has 0 spiro atoms. The maximum Gasteiger partial charge on any atom is 0.288 e. The first-order valence-electron chi connectivity index (χ1n) is 6.43. The normalized spacial score (nSPS) is 11.2. The summed E-state index contributed by atoms with van der Waals surface area (Å²) in [5.74, 6) is -2.43. The fourth-order valence-corrected chi connectivity index (χ4v) is 2.78. The highest BCUT2D eigenvalue weighted by atomic mass is 32.2. The molecule has 0 atom stereocenters. The van der Waals surface area contributed by atoms with E-state index in [1.54, 1.807) is 24.4 Å². The fraction of sp³-hybridized carbons (Fsp3) is 0.133. The molecule has 0 aliphatic rings. The number of para-hydroxylation sites is 1. The molecule has 0 radical (unpaired) electrons. The number of rotatable bonds is 5. The van der Waals surface area contributed by atoms with Crippen LogP contribution in [0.5, 0.6) is 0 Å². The number of pyridine rings is 1. The molecule has 0 saturated heterocycles. The first-order valence-corrected chi connectivity index (χ1v) is 7.30. The fourth-order valence-electron chi connectivity index (χ4n) is 2.16. The maximum absolute atomic E-state index is 12.5. The van der Waals surface area contributed by atoms with Crippen molar-refractivity contribution < 1.29 is 8.78 Å². The first-order chi connectivity index (χ1) is 10.2. The summed E-state index contributed by atoms with van der Waals surface area (Å²) in [6.45, 7) is 0.548. The van der Waals surface area contributed by atoms with E-state index in [0.29, 0.717) is 28.9 Å². The lowest BCUT2D eigenvalue weighted by Crippen LogP contribution is -2.00. The molecule has 0 unspecified atom stereocenters. The van der Waals surface area contributed by atoms with Gasteiger partial charge in [-0.25, -0.2) is 4.98 Å². The zero-order chi connectivity index (χ0) is 14.7. The van der Waals surface area contributed by atoms with Gasteiger partial charge in [0.05, 0.1) is 0 Å². The van der Waals surface area contributed by atoms with Crippen LogP contribution in [0.2, 0.25) is 0 Å². The first kappa shape index (κ1) is 13.9. The van der Waals surface area contributed by atoms with Crippen LogP contribution in [0.15, 0.2) is 53.7 Å². The third kappa shape index (κ3) is 3.16. The molecule has 3 nitrogen and oxygen atoms in total. The standard InChI is InChI=1S/C15H13F2N3S/c16-15(17)21-13-6-2-1-5-12(13)19-8-10-9-20-14-11(10)4-3-7-18-14/h1-7,9,15,19H,8H2,(H,18,20). The van der Waals surface area contributed by atoms with E-state index in [1.807, 2.05) is 24.4 Å². The van der Waals surface area contributed by atoms with Crippen LogP contribution in [0.3, 0.4) is 0 Å². The highest BCUT2D eigenvalue weighted by Crippen LogP contribution is 2.32. The van der Waals surface area contributed by atoms with Gasteiger partial charge in [0.1, 0.15) is 5.65 Å². The Morgan fingerprint density at radius 1 is 1.19 bits per heavy atom. The van der Waals surface area contributed by atoms with Crippen LogP contribution in [0, 0.1) is 0 Å². The SMILES string of the molecule is FC(F)Sc1ccccc1NCc1c[nH]c2ncccc12. The second-order valence-corrected chi connectivity index (χ2v) is 5.47. The minimum atomic E-state index is -2.43. The Balaban J connectivity index is 1.79. The van der Waals surface area contributed by atoms with Gasteiger partial charge in [0, 0.05) is 34.9 Å². The molecule has 0 saturated carbocycles. The summed E-state index contributed by atoms with van der Waals surface area (Å²) in [4.78, 5) is 7.87. The van der Waals surface area contributed by atoms with Crippen LogP contribution in [0.25, 0.3) is 11.0 Å². The molecule has 2 aromatic heterocycles. The van der Waals surface area contributed by atoms with Gasteiger partial charge in [-0.05, 0) is 29.8 Å². The number of aromatic amines is 1. The topological polar surface area (TPSA) is 40.7 Å². The van der Waals surface area contributed by atoms with E-state index in [4.69, 9.17) is 0 Å². The molecule has 3 aromatic rings. The van der Waals surface area contributed by atoms with Gasteiger partial charge in [-0.1, -0.05) is 23.9 Å². The average Bonchev–Trinajstić information content (AvgIpc) is 2.89. The van der Waals surface area contributed by atoms with E-state index in [1.165, 1.54) is 0 Å². The zero-order valence-corrected chi connectivity index (χ0v) is 11.8. The lowest BCUT2D eigenvalue weighted by Gasteiger charge is -2.10. The Kier molecular flexibility index (Phi) is 4.06. The van der Waals surface area contributed by atoms with Gasteiger partial charge >= 0.3 is 0 Å². The van der Waals surface area contributed by atoms with E-state index >= 15 is 0 Å². The van der Waals surface area contributed by atoms with E-state index in [9.17, 15) is 8.78 Å². The molecule has 2 N–H and O–H groups in total. The van der Waals surface area contributed by atoms with Crippen molar-refractivity contribution in [2.45, 2.75) is 17.2 Å². The molecule has 1 aromatic carbocycles. The number of benzene rings is 1. The number of aromatic nitrogens is 2. The maximum atomic E-state index is 12.5. The molecular weight excluding hydrogens is 292 g/mol. The van der Waals surface area contributed by atoms with Gasteiger partial charge in [0.2, 0.25) is 0 Å². The van der Waals surface area contributed by atoms with Crippen molar-refractivity contribution in [2.75, 3.05) is 5.32 Å². The average molecular weight is 305 g/mol.